The fourth-order valence-electron chi connectivity index (χ4n) is 2.41. The SMILES string of the molecule is NC(=O)/C=C/c1ccccc1SCc1ccc2ccccc2c1. The molecule has 1 amide bonds. The van der Waals surface area contributed by atoms with Gasteiger partial charge in [0, 0.05) is 16.7 Å². The van der Waals surface area contributed by atoms with Crippen LogP contribution in [0.4, 0.5) is 0 Å². The number of carbonyl (C=O) groups excluding carboxylic acids is 1. The van der Waals surface area contributed by atoms with Gasteiger partial charge in [-0.05, 0) is 34.0 Å². The number of nitrogens with two attached hydrogens (primary N) is 1. The van der Waals surface area contributed by atoms with Crippen LogP contribution >= 0.6 is 11.8 Å². The number of thioether (sulfide) groups is 1. The van der Waals surface area contributed by atoms with E-state index in [-0.39, 0.29) is 0 Å². The smallest absolute Gasteiger partial charge is 0.241 e. The number of amides is 1. The molecule has 0 heterocycles. The third-order valence-corrected chi connectivity index (χ3v) is 4.71. The molecule has 0 fully saturated rings. The molecule has 0 unspecified atom stereocenters. The highest BCUT2D eigenvalue weighted by molar-refractivity contribution is 7.98. The largest absolute Gasteiger partial charge is 0.366 e. The first-order valence-electron chi connectivity index (χ1n) is 7.39. The molecule has 2 N–H and O–H groups in total. The van der Waals surface area contributed by atoms with Crippen LogP contribution < -0.4 is 5.73 Å². The van der Waals surface area contributed by atoms with E-state index in [4.69, 9.17) is 5.73 Å². The van der Waals surface area contributed by atoms with Gasteiger partial charge in [-0.1, -0.05) is 60.7 Å². The average Bonchev–Trinajstić information content (AvgIpc) is 2.58. The van der Waals surface area contributed by atoms with Crippen molar-refractivity contribution >= 4 is 34.5 Å². The van der Waals surface area contributed by atoms with Gasteiger partial charge in [-0.15, -0.1) is 11.8 Å². The third kappa shape index (κ3) is 4.02. The first-order chi connectivity index (χ1) is 11.2. The van der Waals surface area contributed by atoms with Gasteiger partial charge in [0.15, 0.2) is 0 Å². The van der Waals surface area contributed by atoms with Crippen molar-refractivity contribution in [2.75, 3.05) is 0 Å². The van der Waals surface area contributed by atoms with Crippen molar-refractivity contribution in [3.8, 4) is 0 Å². The summed E-state index contributed by atoms with van der Waals surface area (Å²) in [6.45, 7) is 0. The summed E-state index contributed by atoms with van der Waals surface area (Å²) in [6.07, 6.45) is 3.17. The van der Waals surface area contributed by atoms with E-state index in [2.05, 4.69) is 48.5 Å². The predicted octanol–water partition coefficient (Wildman–Crippen LogP) is 4.63. The number of hydrogen-bond donors (Lipinski definition) is 1. The Labute approximate surface area is 140 Å². The number of benzene rings is 3. The first kappa shape index (κ1) is 15.4. The second-order valence-electron chi connectivity index (χ2n) is 5.24. The second-order valence-corrected chi connectivity index (χ2v) is 6.26. The Morgan fingerprint density at radius 1 is 0.957 bits per heavy atom. The summed E-state index contributed by atoms with van der Waals surface area (Å²) in [6, 6.07) is 22.9. The van der Waals surface area contributed by atoms with E-state index in [0.717, 1.165) is 16.2 Å². The highest BCUT2D eigenvalue weighted by Gasteiger charge is 2.02. The minimum absolute atomic E-state index is 0.431. The summed E-state index contributed by atoms with van der Waals surface area (Å²) in [4.78, 5) is 12.1. The summed E-state index contributed by atoms with van der Waals surface area (Å²) in [5.74, 6) is 0.450. The molecule has 2 nitrogen and oxygen atoms in total. The zero-order valence-corrected chi connectivity index (χ0v) is 13.4. The number of hydrogen-bond acceptors (Lipinski definition) is 2. The molecule has 3 rings (SSSR count). The Balaban J connectivity index is 1.78. The van der Waals surface area contributed by atoms with Gasteiger partial charge in [-0.25, -0.2) is 0 Å². The molecular weight excluding hydrogens is 302 g/mol. The Bertz CT molecular complexity index is 870. The number of fused-ring (bicyclic) bond motifs is 1. The van der Waals surface area contributed by atoms with E-state index in [1.807, 2.05) is 18.2 Å². The lowest BCUT2D eigenvalue weighted by molar-refractivity contribution is -0.113. The van der Waals surface area contributed by atoms with Crippen molar-refractivity contribution in [3.63, 3.8) is 0 Å². The highest BCUT2D eigenvalue weighted by Crippen LogP contribution is 2.28. The lowest BCUT2D eigenvalue weighted by atomic mass is 10.1. The topological polar surface area (TPSA) is 43.1 Å². The average molecular weight is 319 g/mol. The Morgan fingerprint density at radius 3 is 2.52 bits per heavy atom. The molecule has 114 valence electrons. The fraction of sp³-hybridized carbons (Fsp3) is 0.0500. The molecule has 0 saturated carbocycles. The van der Waals surface area contributed by atoms with Crippen molar-refractivity contribution in [3.05, 3.63) is 83.9 Å². The molecule has 0 bridgehead atoms. The van der Waals surface area contributed by atoms with E-state index in [1.54, 1.807) is 17.8 Å². The Morgan fingerprint density at radius 2 is 1.70 bits per heavy atom. The standard InChI is InChI=1S/C20H17NOS/c21-20(22)12-11-17-6-3-4-8-19(17)23-14-15-9-10-16-5-1-2-7-18(16)13-15/h1-13H,14H2,(H2,21,22)/b12-11+. The molecule has 0 aromatic heterocycles. The maximum Gasteiger partial charge on any atom is 0.241 e. The second kappa shape index (κ2) is 7.16. The van der Waals surface area contributed by atoms with E-state index < -0.39 is 5.91 Å². The van der Waals surface area contributed by atoms with Crippen molar-refractivity contribution < 1.29 is 4.79 Å². The van der Waals surface area contributed by atoms with Crippen LogP contribution in [0.15, 0.2) is 77.7 Å². The van der Waals surface area contributed by atoms with Gasteiger partial charge in [-0.3, -0.25) is 4.79 Å². The first-order valence-corrected chi connectivity index (χ1v) is 8.38. The van der Waals surface area contributed by atoms with Crippen LogP contribution in [0.5, 0.6) is 0 Å². The Hall–Kier alpha value is -2.52. The molecule has 3 aromatic carbocycles. The van der Waals surface area contributed by atoms with Crippen LogP contribution in [0.1, 0.15) is 11.1 Å². The van der Waals surface area contributed by atoms with Gasteiger partial charge < -0.3 is 5.73 Å². The quantitative estimate of drug-likeness (QED) is 0.550. The van der Waals surface area contributed by atoms with Gasteiger partial charge >= 0.3 is 0 Å². The van der Waals surface area contributed by atoms with Crippen LogP contribution in [0.25, 0.3) is 16.8 Å². The van der Waals surface area contributed by atoms with Crippen LogP contribution in [-0.2, 0) is 10.5 Å². The normalized spacial score (nSPS) is 11.1. The minimum atomic E-state index is -0.431. The number of carbonyl (C=O) groups is 1. The lowest BCUT2D eigenvalue weighted by Crippen LogP contribution is -2.05. The maximum absolute atomic E-state index is 10.9. The van der Waals surface area contributed by atoms with Crippen LogP contribution in [0, 0.1) is 0 Å². The van der Waals surface area contributed by atoms with Gasteiger partial charge in [-0.2, -0.15) is 0 Å². The molecular formula is C20H17NOS. The van der Waals surface area contributed by atoms with Gasteiger partial charge in [0.05, 0.1) is 0 Å². The molecule has 0 saturated heterocycles. The zero-order chi connectivity index (χ0) is 16.1. The zero-order valence-electron chi connectivity index (χ0n) is 12.6. The van der Waals surface area contributed by atoms with Crippen molar-refractivity contribution in [2.45, 2.75) is 10.6 Å². The van der Waals surface area contributed by atoms with Crippen molar-refractivity contribution in [1.82, 2.24) is 0 Å². The molecule has 0 radical (unpaired) electrons. The molecule has 0 aliphatic rings. The summed E-state index contributed by atoms with van der Waals surface area (Å²) in [5, 5.41) is 2.51. The minimum Gasteiger partial charge on any atom is -0.366 e. The van der Waals surface area contributed by atoms with Crippen LogP contribution in [0.3, 0.4) is 0 Å². The molecule has 3 heteroatoms. The van der Waals surface area contributed by atoms with E-state index in [9.17, 15) is 4.79 Å². The monoisotopic (exact) mass is 319 g/mol. The summed E-state index contributed by atoms with van der Waals surface area (Å²) >= 11 is 1.76. The highest BCUT2D eigenvalue weighted by atomic mass is 32.2. The third-order valence-electron chi connectivity index (χ3n) is 3.55. The predicted molar refractivity (Wildman–Crippen MR) is 98.2 cm³/mol. The van der Waals surface area contributed by atoms with Gasteiger partial charge in [0.1, 0.15) is 0 Å². The molecule has 0 atom stereocenters. The molecule has 23 heavy (non-hydrogen) atoms. The summed E-state index contributed by atoms with van der Waals surface area (Å²) in [7, 11) is 0. The van der Waals surface area contributed by atoms with Crippen molar-refractivity contribution in [1.29, 1.82) is 0 Å². The Kier molecular flexibility index (Phi) is 4.79. The van der Waals surface area contributed by atoms with E-state index in [0.29, 0.717) is 0 Å². The molecule has 0 aliphatic carbocycles. The number of rotatable bonds is 5. The van der Waals surface area contributed by atoms with Crippen molar-refractivity contribution in [2.24, 2.45) is 5.73 Å². The van der Waals surface area contributed by atoms with Crippen LogP contribution in [0.2, 0.25) is 0 Å². The summed E-state index contributed by atoms with van der Waals surface area (Å²) < 4.78 is 0. The maximum atomic E-state index is 10.9. The van der Waals surface area contributed by atoms with Gasteiger partial charge in [0.2, 0.25) is 5.91 Å². The lowest BCUT2D eigenvalue weighted by Gasteiger charge is -2.07. The fourth-order valence-corrected chi connectivity index (χ4v) is 3.39. The number of primary amides is 1. The van der Waals surface area contributed by atoms with Crippen LogP contribution in [-0.4, -0.2) is 5.91 Å². The summed E-state index contributed by atoms with van der Waals surface area (Å²) in [5.41, 5.74) is 7.47. The molecule has 3 aromatic rings. The molecule has 0 spiro atoms. The van der Waals surface area contributed by atoms with E-state index >= 15 is 0 Å². The molecule has 0 aliphatic heterocycles. The van der Waals surface area contributed by atoms with Gasteiger partial charge in [0.25, 0.3) is 0 Å². The van der Waals surface area contributed by atoms with E-state index in [1.165, 1.54) is 22.4 Å².